The molecule has 0 saturated heterocycles. The molecule has 7 heteroatoms. The number of nitro benzene ring substituents is 1. The van der Waals surface area contributed by atoms with Crippen LogP contribution < -0.4 is 5.32 Å². The van der Waals surface area contributed by atoms with Crippen molar-refractivity contribution >= 4 is 23.0 Å². The molecule has 0 aliphatic carbocycles. The van der Waals surface area contributed by atoms with Gasteiger partial charge in [0.25, 0.3) is 5.69 Å². The van der Waals surface area contributed by atoms with Gasteiger partial charge in [0.05, 0.1) is 10.5 Å². The molecule has 2 rings (SSSR count). The second kappa shape index (κ2) is 6.20. The molecule has 1 N–H and O–H groups in total. The Bertz CT molecular complexity index is 743. The van der Waals surface area contributed by atoms with Crippen molar-refractivity contribution in [2.24, 2.45) is 0 Å². The lowest BCUT2D eigenvalue weighted by Crippen LogP contribution is -2.01. The number of nitriles is 1. The number of nitro groups is 1. The number of hydrogen-bond acceptors (Lipinski definition) is 4. The van der Waals surface area contributed by atoms with Gasteiger partial charge in [0, 0.05) is 18.3 Å². The number of nitrogens with one attached hydrogen (secondary N) is 1. The summed E-state index contributed by atoms with van der Waals surface area (Å²) in [5.74, 6) is -0.570. The first-order valence-electron chi connectivity index (χ1n) is 5.87. The van der Waals surface area contributed by atoms with Crippen LogP contribution in [0.5, 0.6) is 0 Å². The predicted octanol–water partition coefficient (Wildman–Crippen LogP) is 3.87. The van der Waals surface area contributed by atoms with E-state index >= 15 is 0 Å². The molecular formula is C14H9ClFN3O2. The third kappa shape index (κ3) is 3.46. The molecule has 0 spiro atoms. The van der Waals surface area contributed by atoms with E-state index in [2.05, 4.69) is 5.32 Å². The van der Waals surface area contributed by atoms with Crippen molar-refractivity contribution < 1.29 is 9.31 Å². The quantitative estimate of drug-likeness (QED) is 0.687. The van der Waals surface area contributed by atoms with Crippen LogP contribution in [0.15, 0.2) is 36.4 Å². The average molecular weight is 306 g/mol. The van der Waals surface area contributed by atoms with Gasteiger partial charge in [-0.15, -0.1) is 0 Å². The van der Waals surface area contributed by atoms with Crippen LogP contribution in [-0.4, -0.2) is 4.92 Å². The summed E-state index contributed by atoms with van der Waals surface area (Å²) in [6.45, 7) is 0.336. The van der Waals surface area contributed by atoms with Crippen molar-refractivity contribution in [3.8, 4) is 6.07 Å². The van der Waals surface area contributed by atoms with Gasteiger partial charge >= 0.3 is 0 Å². The van der Waals surface area contributed by atoms with Gasteiger partial charge in [-0.1, -0.05) is 17.7 Å². The van der Waals surface area contributed by atoms with E-state index < -0.39 is 10.7 Å². The molecule has 2 aromatic rings. The number of nitrogens with zero attached hydrogens (tertiary/aromatic N) is 2. The SMILES string of the molecule is N#Cc1cc(CNc2ccc([N+](=O)[O-])c(Cl)c2)ccc1F. The summed E-state index contributed by atoms with van der Waals surface area (Å²) in [4.78, 5) is 10.1. The largest absolute Gasteiger partial charge is 0.381 e. The van der Waals surface area contributed by atoms with E-state index in [0.29, 0.717) is 17.8 Å². The Labute approximate surface area is 124 Å². The van der Waals surface area contributed by atoms with Crippen LogP contribution in [-0.2, 0) is 6.54 Å². The maximum atomic E-state index is 13.2. The Morgan fingerprint density at radius 1 is 1.33 bits per heavy atom. The smallest absolute Gasteiger partial charge is 0.288 e. The van der Waals surface area contributed by atoms with Crippen molar-refractivity contribution in [1.29, 1.82) is 5.26 Å². The molecule has 0 bridgehead atoms. The van der Waals surface area contributed by atoms with E-state index in [9.17, 15) is 14.5 Å². The minimum atomic E-state index is -0.570. The summed E-state index contributed by atoms with van der Waals surface area (Å²) < 4.78 is 13.2. The van der Waals surface area contributed by atoms with Gasteiger partial charge in [0.2, 0.25) is 0 Å². The first-order chi connectivity index (χ1) is 10.0. The topological polar surface area (TPSA) is 79.0 Å². The molecule has 2 aromatic carbocycles. The third-order valence-electron chi connectivity index (χ3n) is 2.79. The predicted molar refractivity (Wildman–Crippen MR) is 76.5 cm³/mol. The van der Waals surface area contributed by atoms with Gasteiger partial charge in [-0.3, -0.25) is 10.1 Å². The van der Waals surface area contributed by atoms with Gasteiger partial charge in [-0.05, 0) is 29.8 Å². The van der Waals surface area contributed by atoms with Gasteiger partial charge in [-0.25, -0.2) is 4.39 Å². The summed E-state index contributed by atoms with van der Waals surface area (Å²) in [5.41, 5.74) is 1.10. The third-order valence-corrected chi connectivity index (χ3v) is 3.09. The van der Waals surface area contributed by atoms with Crippen LogP contribution in [0.2, 0.25) is 5.02 Å². The van der Waals surface area contributed by atoms with Crippen molar-refractivity contribution in [1.82, 2.24) is 0 Å². The maximum absolute atomic E-state index is 13.2. The molecule has 0 aromatic heterocycles. The molecule has 21 heavy (non-hydrogen) atoms. The van der Waals surface area contributed by atoms with Crippen LogP contribution in [0.1, 0.15) is 11.1 Å². The Balaban J connectivity index is 2.12. The minimum absolute atomic E-state index is 0.0295. The molecule has 5 nitrogen and oxygen atoms in total. The molecular weight excluding hydrogens is 297 g/mol. The Kier molecular flexibility index (Phi) is 4.36. The average Bonchev–Trinajstić information content (AvgIpc) is 2.46. The minimum Gasteiger partial charge on any atom is -0.381 e. The van der Waals surface area contributed by atoms with Gasteiger partial charge in [-0.2, -0.15) is 5.26 Å². The maximum Gasteiger partial charge on any atom is 0.288 e. The highest BCUT2D eigenvalue weighted by Crippen LogP contribution is 2.27. The molecule has 0 atom stereocenters. The molecule has 0 saturated carbocycles. The zero-order valence-corrected chi connectivity index (χ0v) is 11.4. The standard InChI is InChI=1S/C14H9ClFN3O2/c15-12-6-11(2-4-14(12)19(20)21)18-8-9-1-3-13(16)10(5-9)7-17/h1-6,18H,8H2. The van der Waals surface area contributed by atoms with E-state index in [1.54, 1.807) is 12.1 Å². The van der Waals surface area contributed by atoms with Crippen LogP contribution in [0.4, 0.5) is 15.8 Å². The molecule has 0 radical (unpaired) electrons. The fourth-order valence-corrected chi connectivity index (χ4v) is 1.99. The number of halogens is 2. The van der Waals surface area contributed by atoms with E-state index in [1.807, 2.05) is 0 Å². The molecule has 0 heterocycles. The highest BCUT2D eigenvalue weighted by Gasteiger charge is 2.12. The molecule has 106 valence electrons. The van der Waals surface area contributed by atoms with E-state index in [-0.39, 0.29) is 16.3 Å². The summed E-state index contributed by atoms with van der Waals surface area (Å²) >= 11 is 5.80. The lowest BCUT2D eigenvalue weighted by molar-refractivity contribution is -0.384. The normalized spacial score (nSPS) is 9.95. The fraction of sp³-hybridized carbons (Fsp3) is 0.0714. The van der Waals surface area contributed by atoms with Gasteiger partial charge < -0.3 is 5.32 Å². The van der Waals surface area contributed by atoms with Crippen molar-refractivity contribution in [2.45, 2.75) is 6.54 Å². The molecule has 0 unspecified atom stereocenters. The van der Waals surface area contributed by atoms with Crippen LogP contribution >= 0.6 is 11.6 Å². The monoisotopic (exact) mass is 305 g/mol. The lowest BCUT2D eigenvalue weighted by atomic mass is 10.1. The zero-order chi connectivity index (χ0) is 15.4. The highest BCUT2D eigenvalue weighted by atomic mass is 35.5. The van der Waals surface area contributed by atoms with Gasteiger partial charge in [0.15, 0.2) is 0 Å². The first kappa shape index (κ1) is 14.8. The molecule has 0 amide bonds. The number of rotatable bonds is 4. The van der Waals surface area contributed by atoms with Crippen molar-refractivity contribution in [2.75, 3.05) is 5.32 Å². The Hall–Kier alpha value is -2.65. The zero-order valence-electron chi connectivity index (χ0n) is 10.6. The summed E-state index contributed by atoms with van der Waals surface area (Å²) in [7, 11) is 0. The van der Waals surface area contributed by atoms with Crippen LogP contribution in [0, 0.1) is 27.3 Å². The van der Waals surface area contributed by atoms with Crippen molar-refractivity contribution in [3.63, 3.8) is 0 Å². The van der Waals surface area contributed by atoms with Crippen LogP contribution in [0.25, 0.3) is 0 Å². The first-order valence-corrected chi connectivity index (χ1v) is 6.25. The number of benzene rings is 2. The summed E-state index contributed by atoms with van der Waals surface area (Å²) in [5, 5.41) is 22.4. The molecule has 0 aliphatic rings. The molecule has 0 fully saturated rings. The highest BCUT2D eigenvalue weighted by molar-refractivity contribution is 6.32. The van der Waals surface area contributed by atoms with Crippen molar-refractivity contribution in [3.05, 3.63) is 68.5 Å². The second-order valence-corrected chi connectivity index (χ2v) is 4.61. The lowest BCUT2D eigenvalue weighted by Gasteiger charge is -2.07. The number of hydrogen-bond donors (Lipinski definition) is 1. The molecule has 0 aliphatic heterocycles. The van der Waals surface area contributed by atoms with E-state index in [0.717, 1.165) is 0 Å². The second-order valence-electron chi connectivity index (χ2n) is 4.20. The van der Waals surface area contributed by atoms with E-state index in [4.69, 9.17) is 16.9 Å². The van der Waals surface area contributed by atoms with Crippen LogP contribution in [0.3, 0.4) is 0 Å². The number of anilines is 1. The van der Waals surface area contributed by atoms with Gasteiger partial charge in [0.1, 0.15) is 16.9 Å². The summed E-state index contributed by atoms with van der Waals surface area (Å²) in [6, 6.07) is 10.2. The van der Waals surface area contributed by atoms with E-state index in [1.165, 1.54) is 30.3 Å². The summed E-state index contributed by atoms with van der Waals surface area (Å²) in [6.07, 6.45) is 0. The Morgan fingerprint density at radius 2 is 2.10 bits per heavy atom. The Morgan fingerprint density at radius 3 is 2.71 bits per heavy atom. The fourth-order valence-electron chi connectivity index (χ4n) is 1.74.